The Bertz CT molecular complexity index is 814. The summed E-state index contributed by atoms with van der Waals surface area (Å²) in [6.45, 7) is 5.48. The van der Waals surface area contributed by atoms with Gasteiger partial charge in [-0.25, -0.2) is 17.5 Å². The highest BCUT2D eigenvalue weighted by atomic mass is 32.2. The van der Waals surface area contributed by atoms with Gasteiger partial charge in [-0.1, -0.05) is 0 Å². The Kier molecular flexibility index (Phi) is 7.16. The molecule has 1 saturated carbocycles. The molecule has 1 aliphatic carbocycles. The van der Waals surface area contributed by atoms with Gasteiger partial charge in [-0.3, -0.25) is 4.79 Å². The van der Waals surface area contributed by atoms with E-state index in [9.17, 15) is 17.6 Å². The first-order valence-corrected chi connectivity index (χ1v) is 12.1. The predicted molar refractivity (Wildman–Crippen MR) is 113 cm³/mol. The lowest BCUT2D eigenvalue weighted by molar-refractivity contribution is 0.0788. The summed E-state index contributed by atoms with van der Waals surface area (Å²) < 4.78 is 41.0. The van der Waals surface area contributed by atoms with Crippen LogP contribution >= 0.6 is 0 Å². The van der Waals surface area contributed by atoms with E-state index in [1.165, 1.54) is 6.07 Å². The number of hydrogen-bond acceptors (Lipinski definition) is 4. The molecule has 8 heteroatoms. The second kappa shape index (κ2) is 9.43. The first kappa shape index (κ1) is 22.0. The Hall–Kier alpha value is -1.67. The zero-order valence-corrected chi connectivity index (χ0v) is 18.1. The van der Waals surface area contributed by atoms with Gasteiger partial charge in [0.25, 0.3) is 5.91 Å². The third kappa shape index (κ3) is 5.69. The molecule has 162 valence electrons. The molecule has 2 aliphatic rings. The van der Waals surface area contributed by atoms with Crippen LogP contribution in [0.25, 0.3) is 0 Å². The van der Waals surface area contributed by atoms with Crippen LogP contribution in [0.1, 0.15) is 62.7 Å². The van der Waals surface area contributed by atoms with E-state index in [1.54, 1.807) is 30.9 Å². The maximum atomic E-state index is 14.2. The summed E-state index contributed by atoms with van der Waals surface area (Å²) >= 11 is 0. The number of amides is 1. The van der Waals surface area contributed by atoms with E-state index in [4.69, 9.17) is 0 Å². The van der Waals surface area contributed by atoms with Gasteiger partial charge in [0.15, 0.2) is 0 Å². The third-order valence-corrected chi connectivity index (χ3v) is 7.89. The van der Waals surface area contributed by atoms with Gasteiger partial charge in [-0.2, -0.15) is 0 Å². The molecular weight excluding hydrogens is 393 g/mol. The van der Waals surface area contributed by atoms with Crippen LogP contribution in [0.3, 0.4) is 0 Å². The molecule has 0 spiro atoms. The van der Waals surface area contributed by atoms with Crippen LogP contribution in [0.5, 0.6) is 0 Å². The van der Waals surface area contributed by atoms with Gasteiger partial charge in [0.05, 0.1) is 10.8 Å². The molecule has 6 nitrogen and oxygen atoms in total. The molecule has 1 amide bonds. The molecule has 1 heterocycles. The second-order valence-electron chi connectivity index (χ2n) is 8.50. The molecule has 29 heavy (non-hydrogen) atoms. The molecule has 0 atom stereocenters. The Morgan fingerprint density at radius 1 is 1.17 bits per heavy atom. The zero-order chi connectivity index (χ0) is 21.0. The van der Waals surface area contributed by atoms with Gasteiger partial charge in [-0.15, -0.1) is 0 Å². The lowest BCUT2D eigenvalue weighted by Crippen LogP contribution is -2.41. The number of nitrogens with one attached hydrogen (secondary N) is 2. The quantitative estimate of drug-likeness (QED) is 0.702. The van der Waals surface area contributed by atoms with E-state index in [0.29, 0.717) is 19.0 Å². The van der Waals surface area contributed by atoms with Crippen molar-refractivity contribution < 1.29 is 17.6 Å². The number of sulfonamides is 1. The number of carbonyl (C=O) groups excluding carboxylic acids is 1. The second-order valence-corrected chi connectivity index (χ2v) is 10.8. The summed E-state index contributed by atoms with van der Waals surface area (Å²) in [4.78, 5) is 14.2. The first-order chi connectivity index (χ1) is 13.8. The third-order valence-electron chi connectivity index (χ3n) is 5.98. The van der Waals surface area contributed by atoms with Gasteiger partial charge in [0.1, 0.15) is 5.82 Å². The first-order valence-electron chi connectivity index (χ1n) is 10.6. The number of benzene rings is 1. The summed E-state index contributed by atoms with van der Waals surface area (Å²) in [5, 5.41) is 2.91. The van der Waals surface area contributed by atoms with E-state index in [-0.39, 0.29) is 17.5 Å². The van der Waals surface area contributed by atoms with Crippen LogP contribution in [0.4, 0.5) is 10.1 Å². The average molecular weight is 426 g/mol. The summed E-state index contributed by atoms with van der Waals surface area (Å²) in [7, 11) is -3.23. The lowest BCUT2D eigenvalue weighted by atomic mass is 9.86. The van der Waals surface area contributed by atoms with Crippen LogP contribution in [0, 0.1) is 11.7 Å². The van der Waals surface area contributed by atoms with E-state index in [0.717, 1.165) is 50.8 Å². The highest BCUT2D eigenvalue weighted by Gasteiger charge is 2.26. The van der Waals surface area contributed by atoms with Gasteiger partial charge >= 0.3 is 0 Å². The Morgan fingerprint density at radius 2 is 1.83 bits per heavy atom. The number of rotatable bonds is 7. The van der Waals surface area contributed by atoms with Crippen LogP contribution in [0.2, 0.25) is 0 Å². The molecule has 0 aromatic heterocycles. The van der Waals surface area contributed by atoms with E-state index in [1.807, 2.05) is 0 Å². The van der Waals surface area contributed by atoms with Crippen LogP contribution in [0.15, 0.2) is 18.2 Å². The topological polar surface area (TPSA) is 78.5 Å². The lowest BCUT2D eigenvalue weighted by Gasteiger charge is -2.29. The number of nitrogens with zero attached hydrogens (tertiary/aromatic N) is 1. The van der Waals surface area contributed by atoms with E-state index in [2.05, 4.69) is 10.0 Å². The largest absolute Gasteiger partial charge is 0.385 e. The number of likely N-dealkylation sites (tertiary alicyclic amines) is 1. The SMILES string of the molecule is CC(C)S(=O)(=O)NC1CCC(CNc2ccc(F)c(C(=O)N3CCCC3)c2)CC1. The van der Waals surface area contributed by atoms with Crippen LogP contribution in [-0.4, -0.2) is 50.2 Å². The summed E-state index contributed by atoms with van der Waals surface area (Å²) in [5.74, 6) is -0.287. The minimum absolute atomic E-state index is 0.00848. The summed E-state index contributed by atoms with van der Waals surface area (Å²) in [6, 6.07) is 4.63. The minimum atomic E-state index is -3.23. The van der Waals surface area contributed by atoms with Gasteiger partial charge in [0.2, 0.25) is 10.0 Å². The van der Waals surface area contributed by atoms with Crippen molar-refractivity contribution in [3.05, 3.63) is 29.6 Å². The van der Waals surface area contributed by atoms with Gasteiger partial charge in [-0.05, 0) is 76.5 Å². The molecule has 3 rings (SSSR count). The number of halogens is 1. The van der Waals surface area contributed by atoms with Crippen molar-refractivity contribution in [3.8, 4) is 0 Å². The molecule has 1 aromatic rings. The summed E-state index contributed by atoms with van der Waals surface area (Å²) in [6.07, 6.45) is 5.45. The van der Waals surface area contributed by atoms with E-state index < -0.39 is 21.1 Å². The van der Waals surface area contributed by atoms with Crippen molar-refractivity contribution in [1.29, 1.82) is 0 Å². The number of hydrogen-bond donors (Lipinski definition) is 2. The molecule has 2 N–H and O–H groups in total. The normalized spacial score (nSPS) is 22.8. The minimum Gasteiger partial charge on any atom is -0.385 e. The van der Waals surface area contributed by atoms with Crippen LogP contribution < -0.4 is 10.0 Å². The predicted octanol–water partition coefficient (Wildman–Crippen LogP) is 3.36. The fourth-order valence-corrected chi connectivity index (χ4v) is 4.98. The molecule has 0 radical (unpaired) electrons. The molecule has 1 aliphatic heterocycles. The zero-order valence-electron chi connectivity index (χ0n) is 17.3. The van der Waals surface area contributed by atoms with Gasteiger partial charge in [0, 0.05) is 31.4 Å². The molecule has 0 unspecified atom stereocenters. The van der Waals surface area contributed by atoms with Crippen LogP contribution in [-0.2, 0) is 10.0 Å². The van der Waals surface area contributed by atoms with Crippen molar-refractivity contribution in [2.24, 2.45) is 5.92 Å². The van der Waals surface area contributed by atoms with Crippen molar-refractivity contribution in [2.75, 3.05) is 25.0 Å². The number of anilines is 1. The average Bonchev–Trinajstić information content (AvgIpc) is 3.22. The smallest absolute Gasteiger partial charge is 0.256 e. The Balaban J connectivity index is 1.51. The molecular formula is C21H32FN3O3S. The van der Waals surface area contributed by atoms with E-state index >= 15 is 0 Å². The standard InChI is InChI=1S/C21H32FN3O3S/c1-15(2)29(27,28)24-17-7-5-16(6-8-17)14-23-18-9-10-20(22)19(13-18)21(26)25-11-3-4-12-25/h9-10,13,15-17,23-24H,3-8,11-12,14H2,1-2H3. The van der Waals surface area contributed by atoms with Crippen molar-refractivity contribution >= 4 is 21.6 Å². The molecule has 0 bridgehead atoms. The van der Waals surface area contributed by atoms with Crippen molar-refractivity contribution in [1.82, 2.24) is 9.62 Å². The monoisotopic (exact) mass is 425 g/mol. The summed E-state index contributed by atoms with van der Waals surface area (Å²) in [5.41, 5.74) is 0.875. The van der Waals surface area contributed by atoms with Crippen molar-refractivity contribution in [2.45, 2.75) is 63.7 Å². The maximum Gasteiger partial charge on any atom is 0.256 e. The fraction of sp³-hybridized carbons (Fsp3) is 0.667. The maximum absolute atomic E-state index is 14.2. The van der Waals surface area contributed by atoms with Gasteiger partial charge < -0.3 is 10.2 Å². The number of carbonyl (C=O) groups is 1. The van der Waals surface area contributed by atoms with Crippen molar-refractivity contribution in [3.63, 3.8) is 0 Å². The Labute approximate surface area is 173 Å². The Morgan fingerprint density at radius 3 is 2.45 bits per heavy atom. The fourth-order valence-electron chi connectivity index (χ4n) is 4.00. The highest BCUT2D eigenvalue weighted by Crippen LogP contribution is 2.26. The molecule has 1 saturated heterocycles. The molecule has 2 fully saturated rings. The highest BCUT2D eigenvalue weighted by molar-refractivity contribution is 7.90. The molecule has 1 aromatic carbocycles.